The Morgan fingerprint density at radius 3 is 3.05 bits per heavy atom. The Morgan fingerprint density at radius 1 is 1.32 bits per heavy atom. The Kier molecular flexibility index (Phi) is 3.74. The summed E-state index contributed by atoms with van der Waals surface area (Å²) in [7, 11) is 0. The molecule has 3 rings (SSSR count). The zero-order chi connectivity index (χ0) is 13.2. The van der Waals surface area contributed by atoms with Crippen LogP contribution in [0.15, 0.2) is 18.5 Å². The van der Waals surface area contributed by atoms with Crippen molar-refractivity contribution < 1.29 is 4.79 Å². The smallest absolute Gasteiger partial charge is 0.252 e. The Labute approximate surface area is 118 Å². The van der Waals surface area contributed by atoms with Crippen LogP contribution >= 0.6 is 11.6 Å². The fourth-order valence-corrected chi connectivity index (χ4v) is 3.98. The molecule has 1 aromatic rings. The van der Waals surface area contributed by atoms with Gasteiger partial charge < -0.3 is 5.32 Å². The van der Waals surface area contributed by atoms with Crippen molar-refractivity contribution in [3.63, 3.8) is 0 Å². The third kappa shape index (κ3) is 2.76. The van der Waals surface area contributed by atoms with Gasteiger partial charge in [-0.25, -0.2) is 0 Å². The highest BCUT2D eigenvalue weighted by Crippen LogP contribution is 2.47. The number of nitrogens with zero attached hydrogens (tertiary/aromatic N) is 1. The molecule has 1 amide bonds. The molecule has 102 valence electrons. The van der Waals surface area contributed by atoms with Crippen LogP contribution < -0.4 is 5.32 Å². The van der Waals surface area contributed by atoms with Crippen LogP contribution in [0.25, 0.3) is 0 Å². The third-order valence-corrected chi connectivity index (χ3v) is 4.93. The number of aromatic nitrogens is 1. The van der Waals surface area contributed by atoms with Crippen LogP contribution in [0.5, 0.6) is 0 Å². The molecule has 3 nitrogen and oxygen atoms in total. The lowest BCUT2D eigenvalue weighted by Gasteiger charge is -2.18. The average Bonchev–Trinajstić information content (AvgIpc) is 2.99. The van der Waals surface area contributed by atoms with E-state index >= 15 is 0 Å². The summed E-state index contributed by atoms with van der Waals surface area (Å²) in [5.74, 6) is 2.38. The summed E-state index contributed by atoms with van der Waals surface area (Å²) in [6.07, 6.45) is 9.84. The highest BCUT2D eigenvalue weighted by atomic mass is 35.5. The van der Waals surface area contributed by atoms with Crippen LogP contribution in [0, 0.1) is 17.8 Å². The maximum absolute atomic E-state index is 12.0. The van der Waals surface area contributed by atoms with Gasteiger partial charge in [-0.2, -0.15) is 0 Å². The van der Waals surface area contributed by atoms with Gasteiger partial charge in [0.25, 0.3) is 5.91 Å². The lowest BCUT2D eigenvalue weighted by molar-refractivity contribution is 0.0943. The number of carbonyl (C=O) groups excluding carboxylic acids is 1. The van der Waals surface area contributed by atoms with Crippen molar-refractivity contribution in [3.05, 3.63) is 29.0 Å². The van der Waals surface area contributed by atoms with Gasteiger partial charge in [0.2, 0.25) is 0 Å². The van der Waals surface area contributed by atoms with Crippen LogP contribution in [0.4, 0.5) is 0 Å². The van der Waals surface area contributed by atoms with E-state index in [4.69, 9.17) is 11.6 Å². The van der Waals surface area contributed by atoms with Crippen molar-refractivity contribution in [3.8, 4) is 0 Å². The number of rotatable bonds is 3. The summed E-state index contributed by atoms with van der Waals surface area (Å²) < 4.78 is 0. The normalized spacial score (nSPS) is 29.2. The monoisotopic (exact) mass is 278 g/mol. The largest absolute Gasteiger partial charge is 0.352 e. The number of halogens is 1. The van der Waals surface area contributed by atoms with E-state index in [0.29, 0.717) is 16.5 Å². The van der Waals surface area contributed by atoms with Gasteiger partial charge in [-0.05, 0) is 43.1 Å². The zero-order valence-corrected chi connectivity index (χ0v) is 11.7. The van der Waals surface area contributed by atoms with Crippen molar-refractivity contribution in [2.75, 3.05) is 6.54 Å². The van der Waals surface area contributed by atoms with Gasteiger partial charge in [-0.3, -0.25) is 9.78 Å². The minimum atomic E-state index is -0.0588. The summed E-state index contributed by atoms with van der Waals surface area (Å²) in [6, 6.07) is 1.66. The molecule has 3 atom stereocenters. The number of amides is 1. The van der Waals surface area contributed by atoms with Crippen LogP contribution in [-0.2, 0) is 0 Å². The van der Waals surface area contributed by atoms with Crippen LogP contribution in [0.2, 0.25) is 5.02 Å². The quantitative estimate of drug-likeness (QED) is 0.922. The molecular formula is C15H19ClN2O. The fraction of sp³-hybridized carbons (Fsp3) is 0.600. The molecule has 0 bridgehead atoms. The lowest BCUT2D eigenvalue weighted by Crippen LogP contribution is -2.31. The predicted molar refractivity (Wildman–Crippen MR) is 75.1 cm³/mol. The zero-order valence-electron chi connectivity index (χ0n) is 10.9. The van der Waals surface area contributed by atoms with E-state index in [9.17, 15) is 4.79 Å². The van der Waals surface area contributed by atoms with Crippen molar-refractivity contribution >= 4 is 17.5 Å². The first-order chi connectivity index (χ1) is 9.24. The second kappa shape index (κ2) is 5.49. The fourth-order valence-electron chi connectivity index (χ4n) is 3.80. The molecular weight excluding hydrogens is 260 g/mol. The predicted octanol–water partition coefficient (Wildman–Crippen LogP) is 3.29. The lowest BCUT2D eigenvalue weighted by atomic mass is 9.92. The molecule has 1 heterocycles. The third-order valence-electron chi connectivity index (χ3n) is 4.72. The molecule has 0 aliphatic heterocycles. The van der Waals surface area contributed by atoms with E-state index in [1.165, 1.54) is 32.1 Å². The molecule has 4 heteroatoms. The molecule has 2 saturated carbocycles. The Hall–Kier alpha value is -1.09. The number of pyridine rings is 1. The topological polar surface area (TPSA) is 42.0 Å². The molecule has 1 N–H and O–H groups in total. The highest BCUT2D eigenvalue weighted by Gasteiger charge is 2.38. The van der Waals surface area contributed by atoms with Gasteiger partial charge in [0.1, 0.15) is 0 Å². The Bertz CT molecular complexity index is 477. The summed E-state index contributed by atoms with van der Waals surface area (Å²) in [5.41, 5.74) is 0.550. The molecule has 1 aromatic heterocycles. The summed E-state index contributed by atoms with van der Waals surface area (Å²) in [4.78, 5) is 16.0. The summed E-state index contributed by atoms with van der Waals surface area (Å²) in [5, 5.41) is 3.55. The number of hydrogen-bond donors (Lipinski definition) is 1. The minimum Gasteiger partial charge on any atom is -0.352 e. The van der Waals surface area contributed by atoms with E-state index in [2.05, 4.69) is 10.3 Å². The first-order valence-corrected chi connectivity index (χ1v) is 7.50. The first kappa shape index (κ1) is 12.9. The van der Waals surface area contributed by atoms with Gasteiger partial charge in [-0.15, -0.1) is 0 Å². The minimum absolute atomic E-state index is 0.0588. The van der Waals surface area contributed by atoms with Crippen LogP contribution in [0.3, 0.4) is 0 Å². The molecule has 0 unspecified atom stereocenters. The van der Waals surface area contributed by atoms with Gasteiger partial charge in [0.05, 0.1) is 10.6 Å². The van der Waals surface area contributed by atoms with E-state index in [1.807, 2.05) is 0 Å². The van der Waals surface area contributed by atoms with Crippen molar-refractivity contribution in [1.29, 1.82) is 0 Å². The Morgan fingerprint density at radius 2 is 2.21 bits per heavy atom. The van der Waals surface area contributed by atoms with Gasteiger partial charge in [-0.1, -0.05) is 24.4 Å². The number of hydrogen-bond acceptors (Lipinski definition) is 2. The Balaban J connectivity index is 1.56. The van der Waals surface area contributed by atoms with Gasteiger partial charge >= 0.3 is 0 Å². The molecule has 0 aromatic carbocycles. The van der Waals surface area contributed by atoms with E-state index < -0.39 is 0 Å². The highest BCUT2D eigenvalue weighted by molar-refractivity contribution is 6.30. The van der Waals surface area contributed by atoms with E-state index in [-0.39, 0.29) is 5.91 Å². The average molecular weight is 279 g/mol. The molecule has 2 aliphatic carbocycles. The molecule has 0 radical (unpaired) electrons. The molecule has 0 saturated heterocycles. The summed E-state index contributed by atoms with van der Waals surface area (Å²) >= 11 is 5.85. The van der Waals surface area contributed by atoms with Crippen molar-refractivity contribution in [2.45, 2.75) is 32.1 Å². The number of fused-ring (bicyclic) bond motifs is 1. The number of nitrogens with one attached hydrogen (secondary N) is 1. The van der Waals surface area contributed by atoms with Gasteiger partial charge in [0, 0.05) is 18.9 Å². The second-order valence-electron chi connectivity index (χ2n) is 5.79. The van der Waals surface area contributed by atoms with Crippen molar-refractivity contribution in [2.24, 2.45) is 17.8 Å². The maximum Gasteiger partial charge on any atom is 0.252 e. The molecule has 19 heavy (non-hydrogen) atoms. The molecule has 2 fully saturated rings. The first-order valence-electron chi connectivity index (χ1n) is 7.13. The second-order valence-corrected chi connectivity index (χ2v) is 6.23. The van der Waals surface area contributed by atoms with Crippen LogP contribution in [0.1, 0.15) is 42.5 Å². The van der Waals surface area contributed by atoms with Crippen molar-refractivity contribution in [1.82, 2.24) is 10.3 Å². The van der Waals surface area contributed by atoms with E-state index in [0.717, 1.165) is 18.4 Å². The molecule has 2 aliphatic rings. The van der Waals surface area contributed by atoms with Gasteiger partial charge in [0.15, 0.2) is 0 Å². The SMILES string of the molecule is O=C(NC[C@H]1CC[C@@H]2CCC[C@@H]21)c1cncc(Cl)c1. The molecule has 0 spiro atoms. The van der Waals surface area contributed by atoms with Crippen LogP contribution in [-0.4, -0.2) is 17.4 Å². The summed E-state index contributed by atoms with van der Waals surface area (Å²) in [6.45, 7) is 0.798. The standard InChI is InChI=1S/C15H19ClN2O/c16-13-6-12(7-17-9-13)15(19)18-8-11-5-4-10-2-1-3-14(10)11/h6-7,9-11,14H,1-5,8H2,(H,18,19)/t10-,11+,14-/m0/s1. The number of carbonyl (C=O) groups is 1. The van der Waals surface area contributed by atoms with E-state index in [1.54, 1.807) is 18.5 Å². The maximum atomic E-state index is 12.0.